The van der Waals surface area contributed by atoms with E-state index in [1.807, 2.05) is 4.90 Å². The van der Waals surface area contributed by atoms with Gasteiger partial charge in [0.1, 0.15) is 11.4 Å². The van der Waals surface area contributed by atoms with Crippen molar-refractivity contribution in [3.8, 4) is 0 Å². The number of ether oxygens (including phenoxy) is 1. The predicted molar refractivity (Wildman–Crippen MR) is 128 cm³/mol. The van der Waals surface area contributed by atoms with E-state index in [0.29, 0.717) is 24.6 Å². The van der Waals surface area contributed by atoms with E-state index in [0.717, 1.165) is 19.1 Å². The van der Waals surface area contributed by atoms with Crippen LogP contribution in [0.1, 0.15) is 44.1 Å². The lowest BCUT2D eigenvalue weighted by molar-refractivity contribution is 0.0499. The summed E-state index contributed by atoms with van der Waals surface area (Å²) in [6.07, 6.45) is 3.72. The van der Waals surface area contributed by atoms with Crippen molar-refractivity contribution in [1.82, 2.24) is 15.3 Å². The topological polar surface area (TPSA) is 157 Å². The first-order chi connectivity index (χ1) is 15.8. The van der Waals surface area contributed by atoms with Crippen LogP contribution in [-0.2, 0) is 14.6 Å². The minimum atomic E-state index is -3.33. The highest BCUT2D eigenvalue weighted by atomic mass is 32.2. The number of alkyl carbamates (subject to hydrolysis) is 1. The number of nitrogens with two attached hydrogens (primary N) is 1. The van der Waals surface area contributed by atoms with Gasteiger partial charge in [-0.1, -0.05) is 0 Å². The molecule has 184 valence electrons. The van der Waals surface area contributed by atoms with Crippen LogP contribution in [-0.4, -0.2) is 61.4 Å². The number of nitrogens with zero attached hydrogens (tertiary/aromatic N) is 3. The molecule has 34 heavy (non-hydrogen) atoms. The third-order valence-electron chi connectivity index (χ3n) is 5.00. The highest BCUT2D eigenvalue weighted by Crippen LogP contribution is 2.24. The number of aromatic nitrogens is 2. The molecular weight excluding hydrogens is 460 g/mol. The van der Waals surface area contributed by atoms with Gasteiger partial charge >= 0.3 is 6.09 Å². The van der Waals surface area contributed by atoms with Crippen LogP contribution in [0, 0.1) is 0 Å². The second-order valence-corrected chi connectivity index (χ2v) is 11.2. The molecule has 0 radical (unpaired) electrons. The zero-order valence-electron chi connectivity index (χ0n) is 19.7. The second kappa shape index (κ2) is 9.84. The molecule has 1 aromatic carbocycles. The number of benzene rings is 1. The summed E-state index contributed by atoms with van der Waals surface area (Å²) in [4.78, 5) is 34.9. The first-order valence-corrected chi connectivity index (χ1v) is 12.7. The van der Waals surface area contributed by atoms with Crippen LogP contribution in [0.3, 0.4) is 0 Å². The van der Waals surface area contributed by atoms with Crippen LogP contribution in [0.25, 0.3) is 0 Å². The average molecular weight is 491 g/mol. The molecule has 3 rings (SSSR count). The molecule has 0 aliphatic carbocycles. The number of piperidine rings is 1. The SMILES string of the molecule is CC(C)(C)OC(=O)N[C@@H]1CCCN(c2cnc(C(N)=O)c(Nc3ccc(S(C)(=O)=O)cc3)n2)C1. The van der Waals surface area contributed by atoms with Gasteiger partial charge in [0.05, 0.1) is 11.1 Å². The van der Waals surface area contributed by atoms with Gasteiger partial charge in [-0.3, -0.25) is 4.79 Å². The molecule has 1 aromatic heterocycles. The highest BCUT2D eigenvalue weighted by Gasteiger charge is 2.26. The summed E-state index contributed by atoms with van der Waals surface area (Å²) in [6, 6.07) is 5.91. The number of nitrogens with one attached hydrogen (secondary N) is 2. The molecule has 2 heterocycles. The van der Waals surface area contributed by atoms with Gasteiger partial charge in [0, 0.05) is 31.1 Å². The predicted octanol–water partition coefficient (Wildman–Crippen LogP) is 2.22. The molecule has 1 saturated heterocycles. The van der Waals surface area contributed by atoms with Crippen molar-refractivity contribution in [1.29, 1.82) is 0 Å². The lowest BCUT2D eigenvalue weighted by atomic mass is 10.1. The molecular formula is C22H30N6O5S. The number of amides is 2. The maximum Gasteiger partial charge on any atom is 0.407 e. The van der Waals surface area contributed by atoms with Gasteiger partial charge in [-0.15, -0.1) is 0 Å². The quantitative estimate of drug-likeness (QED) is 0.552. The van der Waals surface area contributed by atoms with E-state index >= 15 is 0 Å². The Kier molecular flexibility index (Phi) is 7.29. The molecule has 0 unspecified atom stereocenters. The molecule has 0 spiro atoms. The van der Waals surface area contributed by atoms with Crippen molar-refractivity contribution >= 4 is 39.2 Å². The van der Waals surface area contributed by atoms with E-state index in [9.17, 15) is 18.0 Å². The number of hydrogen-bond donors (Lipinski definition) is 3. The minimum absolute atomic E-state index is 0.0450. The normalized spacial score (nSPS) is 16.6. The number of hydrogen-bond acceptors (Lipinski definition) is 9. The first kappa shape index (κ1) is 25.2. The third kappa shape index (κ3) is 6.80. The van der Waals surface area contributed by atoms with Gasteiger partial charge < -0.3 is 26.0 Å². The Labute approximate surface area is 199 Å². The van der Waals surface area contributed by atoms with Crippen LogP contribution >= 0.6 is 0 Å². The second-order valence-electron chi connectivity index (χ2n) is 9.14. The zero-order valence-corrected chi connectivity index (χ0v) is 20.5. The van der Waals surface area contributed by atoms with Crippen LogP contribution in [0.2, 0.25) is 0 Å². The average Bonchev–Trinajstić information content (AvgIpc) is 2.72. The molecule has 1 atom stereocenters. The van der Waals surface area contributed by atoms with Crippen LogP contribution in [0.5, 0.6) is 0 Å². The Balaban J connectivity index is 1.78. The van der Waals surface area contributed by atoms with E-state index in [4.69, 9.17) is 10.5 Å². The minimum Gasteiger partial charge on any atom is -0.444 e. The smallest absolute Gasteiger partial charge is 0.407 e. The van der Waals surface area contributed by atoms with E-state index in [2.05, 4.69) is 20.6 Å². The fourth-order valence-electron chi connectivity index (χ4n) is 3.50. The summed E-state index contributed by atoms with van der Waals surface area (Å²) in [5, 5.41) is 5.88. The number of anilines is 3. The van der Waals surface area contributed by atoms with E-state index in [1.165, 1.54) is 18.3 Å². The fraction of sp³-hybridized carbons (Fsp3) is 0.455. The largest absolute Gasteiger partial charge is 0.444 e. The number of rotatable bonds is 6. The van der Waals surface area contributed by atoms with Gasteiger partial charge in [0.15, 0.2) is 21.3 Å². The Hall–Kier alpha value is -3.41. The molecule has 12 heteroatoms. The number of carbonyl (C=O) groups is 2. The monoisotopic (exact) mass is 490 g/mol. The van der Waals surface area contributed by atoms with Gasteiger partial charge in [-0.05, 0) is 57.9 Å². The zero-order chi connectivity index (χ0) is 25.1. The summed E-state index contributed by atoms with van der Waals surface area (Å²) in [7, 11) is -3.33. The lowest BCUT2D eigenvalue weighted by Crippen LogP contribution is -2.49. The molecule has 0 saturated carbocycles. The summed E-state index contributed by atoms with van der Waals surface area (Å²) < 4.78 is 28.7. The molecule has 1 aliphatic rings. The van der Waals surface area contributed by atoms with E-state index in [1.54, 1.807) is 32.9 Å². The lowest BCUT2D eigenvalue weighted by Gasteiger charge is -2.34. The van der Waals surface area contributed by atoms with Gasteiger partial charge in [-0.2, -0.15) is 0 Å². The first-order valence-electron chi connectivity index (χ1n) is 10.8. The summed E-state index contributed by atoms with van der Waals surface area (Å²) in [6.45, 7) is 6.60. The molecule has 1 fully saturated rings. The van der Waals surface area contributed by atoms with Gasteiger partial charge in [0.25, 0.3) is 5.91 Å². The van der Waals surface area contributed by atoms with Crippen molar-refractivity contribution in [3.63, 3.8) is 0 Å². The Morgan fingerprint density at radius 3 is 2.47 bits per heavy atom. The standard InChI is InChI=1S/C22H30N6O5S/c1-22(2,3)33-21(30)26-15-6-5-11-28(13-15)17-12-24-18(19(23)29)20(27-17)25-14-7-9-16(10-8-14)34(4,31)32/h7-10,12,15H,5-6,11,13H2,1-4H3,(H2,23,29)(H,25,27)(H,26,30)/t15-/m1/s1. The van der Waals surface area contributed by atoms with E-state index in [-0.39, 0.29) is 22.4 Å². The number of carbonyl (C=O) groups excluding carboxylic acids is 2. The molecule has 2 amide bonds. The summed E-state index contributed by atoms with van der Waals surface area (Å²) in [5.41, 5.74) is 5.35. The van der Waals surface area contributed by atoms with Crippen LogP contribution < -0.4 is 21.3 Å². The molecule has 11 nitrogen and oxygen atoms in total. The number of sulfone groups is 1. The van der Waals surface area contributed by atoms with Crippen molar-refractivity contribution in [2.75, 3.05) is 29.6 Å². The van der Waals surface area contributed by atoms with Gasteiger partial charge in [0.2, 0.25) is 0 Å². The van der Waals surface area contributed by atoms with Crippen molar-refractivity contribution in [2.24, 2.45) is 5.73 Å². The third-order valence-corrected chi connectivity index (χ3v) is 6.13. The number of primary amides is 1. The molecule has 4 N–H and O–H groups in total. The van der Waals surface area contributed by atoms with E-state index < -0.39 is 27.4 Å². The summed E-state index contributed by atoms with van der Waals surface area (Å²) >= 11 is 0. The van der Waals surface area contributed by atoms with Crippen LogP contribution in [0.15, 0.2) is 35.4 Å². The summed E-state index contributed by atoms with van der Waals surface area (Å²) in [5.74, 6) is -0.0901. The molecule has 2 aromatic rings. The molecule has 0 bridgehead atoms. The van der Waals surface area contributed by atoms with Crippen molar-refractivity contribution in [3.05, 3.63) is 36.2 Å². The molecule has 1 aliphatic heterocycles. The highest BCUT2D eigenvalue weighted by molar-refractivity contribution is 7.90. The maximum absolute atomic E-state index is 12.2. The van der Waals surface area contributed by atoms with Crippen molar-refractivity contribution in [2.45, 2.75) is 50.2 Å². The Morgan fingerprint density at radius 2 is 1.88 bits per heavy atom. The Morgan fingerprint density at radius 1 is 1.21 bits per heavy atom. The van der Waals surface area contributed by atoms with Gasteiger partial charge in [-0.25, -0.2) is 23.2 Å². The van der Waals surface area contributed by atoms with Crippen molar-refractivity contribution < 1.29 is 22.7 Å². The van der Waals surface area contributed by atoms with Crippen LogP contribution in [0.4, 0.5) is 22.1 Å². The Bertz CT molecular complexity index is 1160. The fourth-order valence-corrected chi connectivity index (χ4v) is 4.13. The maximum atomic E-state index is 12.2.